The summed E-state index contributed by atoms with van der Waals surface area (Å²) in [5.74, 6) is -0.157. The molecular formula is C18H27FN4O2. The zero-order chi connectivity index (χ0) is 17.6. The quantitative estimate of drug-likeness (QED) is 0.677. The minimum absolute atomic E-state index is 0.0159. The van der Waals surface area contributed by atoms with Gasteiger partial charge in [-0.15, -0.1) is 0 Å². The molecule has 2 heterocycles. The number of urea groups is 1. The summed E-state index contributed by atoms with van der Waals surface area (Å²) < 4.78 is 19.6. The van der Waals surface area contributed by atoms with E-state index >= 15 is 0 Å². The fourth-order valence-electron chi connectivity index (χ4n) is 3.74. The van der Waals surface area contributed by atoms with Crippen molar-refractivity contribution in [2.24, 2.45) is 11.7 Å². The monoisotopic (exact) mass is 350 g/mol. The van der Waals surface area contributed by atoms with Gasteiger partial charge in [0.15, 0.2) is 0 Å². The van der Waals surface area contributed by atoms with E-state index in [1.165, 1.54) is 0 Å². The number of nitrogens with zero attached hydrogens (tertiary/aromatic N) is 1. The lowest BCUT2D eigenvalue weighted by Crippen LogP contribution is -2.34. The Kier molecular flexibility index (Phi) is 6.09. The average Bonchev–Trinajstić information content (AvgIpc) is 2.80. The van der Waals surface area contributed by atoms with Gasteiger partial charge in [0.05, 0.1) is 12.6 Å². The minimum atomic E-state index is -0.532. The van der Waals surface area contributed by atoms with Crippen molar-refractivity contribution in [3.05, 3.63) is 35.3 Å². The van der Waals surface area contributed by atoms with E-state index < -0.39 is 6.03 Å². The van der Waals surface area contributed by atoms with Crippen molar-refractivity contribution < 1.29 is 13.9 Å². The third-order valence-electron chi connectivity index (χ3n) is 5.04. The molecule has 0 aromatic carbocycles. The number of amides is 2. The number of carbonyl (C=O) groups is 1. The summed E-state index contributed by atoms with van der Waals surface area (Å²) >= 11 is 0. The van der Waals surface area contributed by atoms with Crippen LogP contribution in [-0.2, 0) is 4.74 Å². The largest absolute Gasteiger partial charge is 0.383 e. The maximum Gasteiger partial charge on any atom is 0.312 e. The summed E-state index contributed by atoms with van der Waals surface area (Å²) in [6, 6.07) is -0.415. The number of carbonyl (C=O) groups excluding carboxylic acids is 1. The topological polar surface area (TPSA) is 79.6 Å². The molecule has 138 valence electrons. The molecule has 1 fully saturated rings. The zero-order valence-electron chi connectivity index (χ0n) is 14.5. The van der Waals surface area contributed by atoms with Crippen LogP contribution in [0.4, 0.5) is 9.18 Å². The fraction of sp³-hybridized carbons (Fsp3) is 0.611. The van der Waals surface area contributed by atoms with Gasteiger partial charge in [-0.3, -0.25) is 0 Å². The molecule has 3 rings (SSSR count). The van der Waals surface area contributed by atoms with Crippen molar-refractivity contribution in [3.8, 4) is 0 Å². The molecule has 3 aliphatic rings. The number of rotatable bonds is 6. The van der Waals surface area contributed by atoms with Crippen molar-refractivity contribution in [3.63, 3.8) is 0 Å². The van der Waals surface area contributed by atoms with Gasteiger partial charge in [-0.05, 0) is 48.8 Å². The van der Waals surface area contributed by atoms with Crippen LogP contribution in [0, 0.1) is 5.92 Å². The Balaban J connectivity index is 1.55. The highest BCUT2D eigenvalue weighted by molar-refractivity contribution is 5.71. The van der Waals surface area contributed by atoms with Crippen LogP contribution < -0.4 is 16.4 Å². The zero-order valence-corrected chi connectivity index (χ0v) is 14.5. The third kappa shape index (κ3) is 4.83. The smallest absolute Gasteiger partial charge is 0.312 e. The predicted molar refractivity (Wildman–Crippen MR) is 94.5 cm³/mol. The van der Waals surface area contributed by atoms with Gasteiger partial charge in [0.1, 0.15) is 5.83 Å². The van der Waals surface area contributed by atoms with Crippen LogP contribution >= 0.6 is 0 Å². The summed E-state index contributed by atoms with van der Waals surface area (Å²) in [5.41, 5.74) is 7.30. The van der Waals surface area contributed by atoms with Crippen LogP contribution in [0.2, 0.25) is 0 Å². The Morgan fingerprint density at radius 2 is 2.24 bits per heavy atom. The van der Waals surface area contributed by atoms with Gasteiger partial charge in [-0.25, -0.2) is 9.18 Å². The van der Waals surface area contributed by atoms with Crippen LogP contribution in [0.1, 0.15) is 19.3 Å². The van der Waals surface area contributed by atoms with Crippen LogP contribution in [0.3, 0.4) is 0 Å². The maximum atomic E-state index is 14.1. The van der Waals surface area contributed by atoms with Crippen LogP contribution in [0.15, 0.2) is 35.3 Å². The fourth-order valence-corrected chi connectivity index (χ4v) is 3.74. The van der Waals surface area contributed by atoms with E-state index in [2.05, 4.69) is 15.5 Å². The molecule has 0 aromatic heterocycles. The molecule has 7 heteroatoms. The first kappa shape index (κ1) is 17.9. The number of hydrogen-bond acceptors (Lipinski definition) is 4. The van der Waals surface area contributed by atoms with E-state index in [1.54, 1.807) is 12.2 Å². The number of primary amides is 1. The van der Waals surface area contributed by atoms with Gasteiger partial charge in [-0.1, -0.05) is 0 Å². The SMILES string of the molecule is NC(=O)NCCC1=CNC2C(CCN3CCCOCC3)=CC(F)=CC12. The Morgan fingerprint density at radius 3 is 3.08 bits per heavy atom. The third-order valence-corrected chi connectivity index (χ3v) is 5.04. The lowest BCUT2D eigenvalue weighted by molar-refractivity contribution is 0.141. The van der Waals surface area contributed by atoms with E-state index in [1.807, 2.05) is 6.20 Å². The number of nitrogens with two attached hydrogens (primary N) is 1. The highest BCUT2D eigenvalue weighted by Crippen LogP contribution is 2.35. The van der Waals surface area contributed by atoms with Crippen molar-refractivity contribution >= 4 is 6.03 Å². The van der Waals surface area contributed by atoms with E-state index in [-0.39, 0.29) is 17.8 Å². The second-order valence-corrected chi connectivity index (χ2v) is 6.76. The van der Waals surface area contributed by atoms with Crippen molar-refractivity contribution in [2.75, 3.05) is 39.4 Å². The highest BCUT2D eigenvalue weighted by atomic mass is 19.1. The summed E-state index contributed by atoms with van der Waals surface area (Å²) in [5, 5.41) is 5.98. The van der Waals surface area contributed by atoms with Gasteiger partial charge in [0.25, 0.3) is 0 Å². The first-order valence-electron chi connectivity index (χ1n) is 8.99. The van der Waals surface area contributed by atoms with E-state index in [0.29, 0.717) is 13.0 Å². The molecule has 0 saturated carbocycles. The minimum Gasteiger partial charge on any atom is -0.383 e. The first-order chi connectivity index (χ1) is 12.1. The van der Waals surface area contributed by atoms with Crippen molar-refractivity contribution in [1.82, 2.24) is 15.5 Å². The molecule has 4 N–H and O–H groups in total. The molecule has 0 aromatic rings. The summed E-state index contributed by atoms with van der Waals surface area (Å²) in [4.78, 5) is 13.2. The van der Waals surface area contributed by atoms with E-state index in [0.717, 1.165) is 56.8 Å². The van der Waals surface area contributed by atoms with E-state index in [4.69, 9.17) is 10.5 Å². The first-order valence-corrected chi connectivity index (χ1v) is 8.99. The Bertz CT molecular complexity index is 580. The number of halogens is 1. The molecule has 0 radical (unpaired) electrons. The van der Waals surface area contributed by atoms with Gasteiger partial charge >= 0.3 is 6.03 Å². The molecule has 2 amide bonds. The summed E-state index contributed by atoms with van der Waals surface area (Å²) in [7, 11) is 0. The summed E-state index contributed by atoms with van der Waals surface area (Å²) in [6.45, 7) is 4.97. The van der Waals surface area contributed by atoms with Gasteiger partial charge in [0.2, 0.25) is 0 Å². The molecule has 0 spiro atoms. The lowest BCUT2D eigenvalue weighted by atomic mass is 9.83. The van der Waals surface area contributed by atoms with Crippen LogP contribution in [0.5, 0.6) is 0 Å². The molecule has 2 atom stereocenters. The second-order valence-electron chi connectivity index (χ2n) is 6.76. The van der Waals surface area contributed by atoms with Crippen molar-refractivity contribution in [2.45, 2.75) is 25.3 Å². The molecule has 1 saturated heterocycles. The molecule has 2 unspecified atom stereocenters. The molecule has 0 bridgehead atoms. The number of hydrogen-bond donors (Lipinski definition) is 3. The predicted octanol–water partition coefficient (Wildman–Crippen LogP) is 1.42. The van der Waals surface area contributed by atoms with Gasteiger partial charge < -0.3 is 26.0 Å². The average molecular weight is 350 g/mol. The van der Waals surface area contributed by atoms with Gasteiger partial charge in [0, 0.05) is 38.7 Å². The Labute approximate surface area is 147 Å². The normalized spacial score (nSPS) is 26.7. The van der Waals surface area contributed by atoms with E-state index in [9.17, 15) is 9.18 Å². The highest BCUT2D eigenvalue weighted by Gasteiger charge is 2.33. The van der Waals surface area contributed by atoms with Crippen molar-refractivity contribution in [1.29, 1.82) is 0 Å². The van der Waals surface area contributed by atoms with Gasteiger partial charge in [-0.2, -0.15) is 0 Å². The summed E-state index contributed by atoms with van der Waals surface area (Å²) in [6.07, 6.45) is 7.86. The molecule has 2 aliphatic heterocycles. The standard InChI is InChI=1S/C18H27FN4O2/c19-15-10-13(3-6-23-5-1-8-25-9-7-23)17-16(11-15)14(12-22-17)2-4-21-18(20)24/h10-12,16-17,22H,1-9H2,(H3,20,21,24). The number of fused-ring (bicyclic) bond motifs is 1. The molecule has 1 aliphatic carbocycles. The number of ether oxygens (including phenoxy) is 1. The maximum absolute atomic E-state index is 14.1. The van der Waals surface area contributed by atoms with Crippen LogP contribution in [-0.4, -0.2) is 56.4 Å². The number of allylic oxidation sites excluding steroid dienone is 2. The Morgan fingerprint density at radius 1 is 1.36 bits per heavy atom. The molecule has 25 heavy (non-hydrogen) atoms. The molecule has 6 nitrogen and oxygen atoms in total. The molecular weight excluding hydrogens is 323 g/mol. The van der Waals surface area contributed by atoms with Crippen LogP contribution in [0.25, 0.3) is 0 Å². The lowest BCUT2D eigenvalue weighted by Gasteiger charge is -2.28. The number of nitrogens with one attached hydrogen (secondary N) is 2. The Hall–Kier alpha value is -1.86. The second kappa shape index (κ2) is 8.49.